The summed E-state index contributed by atoms with van der Waals surface area (Å²) in [6.45, 7) is 2.50. The van der Waals surface area contributed by atoms with Crippen molar-refractivity contribution in [1.82, 2.24) is 10.1 Å². The van der Waals surface area contributed by atoms with Crippen molar-refractivity contribution < 1.29 is 32.9 Å². The molecule has 38 heavy (non-hydrogen) atoms. The molecule has 1 saturated heterocycles. The zero-order chi connectivity index (χ0) is 26.9. The molecule has 2 fully saturated rings. The van der Waals surface area contributed by atoms with Gasteiger partial charge in [-0.25, -0.2) is 9.59 Å². The normalized spacial score (nSPS) is 20.8. The molecular weight excluding hydrogens is 491 g/mol. The van der Waals surface area contributed by atoms with Crippen LogP contribution in [0.2, 0.25) is 0 Å². The number of quaternary nitrogens is 1. The fourth-order valence-corrected chi connectivity index (χ4v) is 5.60. The van der Waals surface area contributed by atoms with Gasteiger partial charge in [0.05, 0.1) is 31.5 Å². The van der Waals surface area contributed by atoms with Crippen LogP contribution in [0.25, 0.3) is 11.1 Å². The van der Waals surface area contributed by atoms with Crippen LogP contribution in [0.3, 0.4) is 0 Å². The molecule has 10 heteroatoms. The van der Waals surface area contributed by atoms with E-state index in [0.717, 1.165) is 11.3 Å². The Balaban J connectivity index is 1.30. The molecule has 2 aromatic carbocycles. The third-order valence-electron chi connectivity index (χ3n) is 7.92. The number of fused-ring (bicyclic) bond motifs is 1. The van der Waals surface area contributed by atoms with Crippen molar-refractivity contribution in [2.45, 2.75) is 57.9 Å². The van der Waals surface area contributed by atoms with Crippen LogP contribution in [-0.2, 0) is 16.0 Å². The summed E-state index contributed by atoms with van der Waals surface area (Å²) < 4.78 is 20.7. The molecule has 0 unspecified atom stereocenters. The highest BCUT2D eigenvalue weighted by Gasteiger charge is 2.51. The highest BCUT2D eigenvalue weighted by Crippen LogP contribution is 2.32. The van der Waals surface area contributed by atoms with Crippen LogP contribution in [-0.4, -0.2) is 56.7 Å². The number of carboxylic acids is 1. The fraction of sp³-hybridized carbons (Fsp3) is 0.429. The minimum absolute atomic E-state index is 0.0392. The highest BCUT2D eigenvalue weighted by molar-refractivity contribution is 5.86. The van der Waals surface area contributed by atoms with Crippen molar-refractivity contribution in [2.24, 2.45) is 5.92 Å². The Hall–Kier alpha value is -3.79. The number of urea groups is 1. The Morgan fingerprint density at radius 3 is 2.50 bits per heavy atom. The Morgan fingerprint density at radius 1 is 1.11 bits per heavy atom. The molecule has 0 atom stereocenters. The van der Waals surface area contributed by atoms with Crippen LogP contribution >= 0.6 is 0 Å². The van der Waals surface area contributed by atoms with Crippen LogP contribution < -0.4 is 5.32 Å². The lowest BCUT2D eigenvalue weighted by Gasteiger charge is -2.35. The van der Waals surface area contributed by atoms with Gasteiger partial charge in [0.25, 0.3) is 6.01 Å². The maximum Gasteiger partial charge on any atom is 0.454 e. The molecule has 3 aromatic rings. The molecule has 200 valence electrons. The van der Waals surface area contributed by atoms with Crippen molar-refractivity contribution in [3.63, 3.8) is 0 Å². The van der Waals surface area contributed by atoms with E-state index in [1.165, 1.54) is 0 Å². The number of imide groups is 1. The summed E-state index contributed by atoms with van der Waals surface area (Å²) in [6.07, 6.45) is 2.46. The number of oxazole rings is 1. The number of carbonyl (C=O) groups excluding carboxylic acids is 2. The Bertz CT molecular complexity index is 1360. The van der Waals surface area contributed by atoms with E-state index in [2.05, 4.69) is 10.3 Å². The number of hydrogen-bond acceptors (Lipinski definition) is 6. The number of carbonyl (C=O) groups is 3. The summed E-state index contributed by atoms with van der Waals surface area (Å²) in [5.74, 6) is -1.75. The molecule has 1 aliphatic heterocycles. The lowest BCUT2D eigenvalue weighted by atomic mass is 9.86. The molecule has 0 spiro atoms. The monoisotopic (exact) mass is 523 g/mol. The van der Waals surface area contributed by atoms with E-state index in [4.69, 9.17) is 4.42 Å². The first-order chi connectivity index (χ1) is 18.3. The largest absolute Gasteiger partial charge is 0.481 e. The van der Waals surface area contributed by atoms with Crippen LogP contribution in [0, 0.1) is 12.8 Å². The van der Waals surface area contributed by atoms with Gasteiger partial charge >= 0.3 is 17.9 Å². The number of nitrogens with zero attached hydrogens (tertiary/aromatic N) is 3. The average molecular weight is 524 g/mol. The second kappa shape index (κ2) is 10.5. The molecule has 3 amide bonds. The standard InChI is InChI=1S/C28H31FN4O5/c1-18-6-2-3-7-22(18)30-27-31-23-13-8-19(16-24(23)38-27)17-25(34)33(14-4-5-15-33)28(37)32(29)21-11-9-20(10-12-21)26(35)36/h2-3,6-8,13,16,20-21H,4-5,9-12,14-15,17H2,1H3,(H-,30,31,35,36)/p+1. The first-order valence-corrected chi connectivity index (χ1v) is 13.1. The quantitative estimate of drug-likeness (QED) is 0.324. The fourth-order valence-electron chi connectivity index (χ4n) is 5.60. The van der Waals surface area contributed by atoms with Crippen LogP contribution in [0.5, 0.6) is 0 Å². The SMILES string of the molecule is Cc1ccccc1Nc1nc2ccc(CC(=O)[N+]3(C(=O)N(F)C4CCC(C(=O)O)CC4)CCCC3)cc2o1. The average Bonchev–Trinajstić information content (AvgIpc) is 3.57. The number of nitrogens with one attached hydrogen (secondary N) is 1. The molecule has 0 radical (unpaired) electrons. The van der Waals surface area contributed by atoms with E-state index in [-0.39, 0.29) is 43.4 Å². The number of carboxylic acid groups (broad SMARTS) is 1. The van der Waals surface area contributed by atoms with Crippen LogP contribution in [0.4, 0.5) is 21.0 Å². The predicted octanol–water partition coefficient (Wildman–Crippen LogP) is 5.51. The molecular formula is C28H32FN4O5+. The van der Waals surface area contributed by atoms with Gasteiger partial charge in [-0.2, -0.15) is 9.47 Å². The third-order valence-corrected chi connectivity index (χ3v) is 7.92. The van der Waals surface area contributed by atoms with E-state index in [1.54, 1.807) is 18.2 Å². The summed E-state index contributed by atoms with van der Waals surface area (Å²) in [6, 6.07) is 11.8. The first kappa shape index (κ1) is 25.8. The van der Waals surface area contributed by atoms with Gasteiger partial charge in [-0.3, -0.25) is 4.79 Å². The van der Waals surface area contributed by atoms with Crippen LogP contribution in [0.15, 0.2) is 46.9 Å². The molecule has 2 heterocycles. The van der Waals surface area contributed by atoms with Crippen molar-refractivity contribution in [3.8, 4) is 0 Å². The first-order valence-electron chi connectivity index (χ1n) is 13.1. The summed E-state index contributed by atoms with van der Waals surface area (Å²) in [5.41, 5.74) is 3.71. The summed E-state index contributed by atoms with van der Waals surface area (Å²) >= 11 is 0. The van der Waals surface area contributed by atoms with Gasteiger partial charge in [0.2, 0.25) is 0 Å². The highest BCUT2D eigenvalue weighted by atomic mass is 19.2. The second-order valence-corrected chi connectivity index (χ2v) is 10.4. The summed E-state index contributed by atoms with van der Waals surface area (Å²) in [5, 5.41) is 12.6. The maximum absolute atomic E-state index is 15.4. The minimum Gasteiger partial charge on any atom is -0.481 e. The topological polar surface area (TPSA) is 113 Å². The molecule has 0 bridgehead atoms. The molecule has 1 aliphatic carbocycles. The van der Waals surface area contributed by atoms with Gasteiger partial charge < -0.3 is 14.8 Å². The molecule has 5 rings (SSSR count). The van der Waals surface area contributed by atoms with Gasteiger partial charge in [0.1, 0.15) is 5.52 Å². The van der Waals surface area contributed by atoms with Crippen molar-refractivity contribution >= 4 is 40.7 Å². The van der Waals surface area contributed by atoms with E-state index >= 15 is 4.48 Å². The van der Waals surface area contributed by atoms with Gasteiger partial charge in [0.15, 0.2) is 5.58 Å². The number of hydrogen-bond donors (Lipinski definition) is 2. The maximum atomic E-state index is 15.4. The van der Waals surface area contributed by atoms with E-state index in [9.17, 15) is 19.5 Å². The van der Waals surface area contributed by atoms with Crippen LogP contribution in [0.1, 0.15) is 49.7 Å². The molecule has 2 aliphatic rings. The molecule has 1 aromatic heterocycles. The van der Waals surface area contributed by atoms with Crippen molar-refractivity contribution in [2.75, 3.05) is 18.4 Å². The number of aliphatic carboxylic acids is 1. The van der Waals surface area contributed by atoms with E-state index in [1.807, 2.05) is 31.2 Å². The van der Waals surface area contributed by atoms with Gasteiger partial charge in [-0.1, -0.05) is 28.7 Å². The van der Waals surface area contributed by atoms with Crippen molar-refractivity contribution in [3.05, 3.63) is 53.6 Å². The third kappa shape index (κ3) is 5.00. The number of anilines is 2. The minimum atomic E-state index is -0.889. The Kier molecular flexibility index (Phi) is 7.16. The van der Waals surface area contributed by atoms with Gasteiger partial charge in [-0.05, 0) is 61.9 Å². The number of para-hydroxylation sites is 1. The molecule has 9 nitrogen and oxygen atoms in total. The zero-order valence-electron chi connectivity index (χ0n) is 21.4. The number of likely N-dealkylation sites (tertiary alicyclic amines) is 1. The lowest BCUT2D eigenvalue weighted by molar-refractivity contribution is -0.766. The number of aromatic nitrogens is 1. The number of amides is 3. The smallest absolute Gasteiger partial charge is 0.454 e. The number of rotatable bonds is 6. The number of halogens is 1. The molecule has 2 N–H and O–H groups in total. The summed E-state index contributed by atoms with van der Waals surface area (Å²) in [7, 11) is 0. The Labute approximate surface area is 219 Å². The van der Waals surface area contributed by atoms with Gasteiger partial charge in [0, 0.05) is 18.5 Å². The summed E-state index contributed by atoms with van der Waals surface area (Å²) in [4.78, 5) is 42.6. The predicted molar refractivity (Wildman–Crippen MR) is 138 cm³/mol. The van der Waals surface area contributed by atoms with E-state index < -0.39 is 28.4 Å². The van der Waals surface area contributed by atoms with Crippen molar-refractivity contribution in [1.29, 1.82) is 0 Å². The second-order valence-electron chi connectivity index (χ2n) is 10.4. The lowest BCUT2D eigenvalue weighted by Crippen LogP contribution is -2.60. The molecule has 1 saturated carbocycles. The zero-order valence-corrected chi connectivity index (χ0v) is 21.4. The van der Waals surface area contributed by atoms with Gasteiger partial charge in [-0.15, -0.1) is 5.12 Å². The number of aryl methyl sites for hydroxylation is 1. The Morgan fingerprint density at radius 2 is 1.82 bits per heavy atom. The van der Waals surface area contributed by atoms with E-state index in [0.29, 0.717) is 48.4 Å². The number of benzene rings is 2.